The van der Waals surface area contributed by atoms with Crippen molar-refractivity contribution in [1.29, 1.82) is 0 Å². The largest absolute Gasteiger partial charge is 0.457 e. The second-order valence-electron chi connectivity index (χ2n) is 7.45. The van der Waals surface area contributed by atoms with Crippen molar-refractivity contribution in [3.63, 3.8) is 0 Å². The minimum Gasteiger partial charge on any atom is -0.457 e. The number of nitrogens with one attached hydrogen (secondary N) is 1. The second-order valence-corrected chi connectivity index (χ2v) is 8.48. The molecule has 3 aromatic heterocycles. The van der Waals surface area contributed by atoms with Gasteiger partial charge in [-0.05, 0) is 43.2 Å². The molecule has 4 aromatic rings. The van der Waals surface area contributed by atoms with Crippen molar-refractivity contribution in [2.45, 2.75) is 37.8 Å². The standard InChI is InChI=1S/C23H22N4O2S/c28-21-7-2-1-6-18(21)26-23-27-19-9-8-15(14-22(19)30-23)29-16-10-12-25-20(13-16)17-5-3-4-11-24-17/h3-5,8-14,18,21,28H,1-2,6-7H2,(H,26,27)/t18-,21-/m1/s1. The first-order valence-corrected chi connectivity index (χ1v) is 11.0. The molecule has 6 nitrogen and oxygen atoms in total. The number of aliphatic hydroxyl groups excluding tert-OH is 1. The molecule has 0 saturated heterocycles. The van der Waals surface area contributed by atoms with Crippen molar-refractivity contribution in [3.05, 3.63) is 60.9 Å². The van der Waals surface area contributed by atoms with Crippen LogP contribution in [0.15, 0.2) is 60.9 Å². The Kier molecular flexibility index (Phi) is 5.29. The van der Waals surface area contributed by atoms with Crippen LogP contribution in [-0.2, 0) is 0 Å². The summed E-state index contributed by atoms with van der Waals surface area (Å²) in [5, 5.41) is 14.5. The number of fused-ring (bicyclic) bond motifs is 1. The number of benzene rings is 1. The molecule has 1 fully saturated rings. The molecule has 3 heterocycles. The summed E-state index contributed by atoms with van der Waals surface area (Å²) in [6.07, 6.45) is 7.24. The van der Waals surface area contributed by atoms with E-state index in [2.05, 4.69) is 20.3 Å². The zero-order valence-corrected chi connectivity index (χ0v) is 17.2. The van der Waals surface area contributed by atoms with Crippen LogP contribution >= 0.6 is 11.3 Å². The molecule has 1 aromatic carbocycles. The van der Waals surface area contributed by atoms with Crippen LogP contribution in [0.25, 0.3) is 21.6 Å². The number of aliphatic hydroxyl groups is 1. The Labute approximate surface area is 178 Å². The van der Waals surface area contributed by atoms with Gasteiger partial charge in [-0.25, -0.2) is 4.98 Å². The van der Waals surface area contributed by atoms with Gasteiger partial charge in [0.15, 0.2) is 5.13 Å². The topological polar surface area (TPSA) is 80.2 Å². The maximum atomic E-state index is 10.2. The summed E-state index contributed by atoms with van der Waals surface area (Å²) in [5.41, 5.74) is 2.50. The lowest BCUT2D eigenvalue weighted by Gasteiger charge is -2.27. The molecule has 30 heavy (non-hydrogen) atoms. The minimum absolute atomic E-state index is 0.0804. The average Bonchev–Trinajstić information content (AvgIpc) is 3.18. The van der Waals surface area contributed by atoms with E-state index < -0.39 is 0 Å². The minimum atomic E-state index is -0.301. The highest BCUT2D eigenvalue weighted by Gasteiger charge is 2.23. The van der Waals surface area contributed by atoms with Crippen LogP contribution in [0.3, 0.4) is 0 Å². The van der Waals surface area contributed by atoms with E-state index in [1.54, 1.807) is 23.7 Å². The van der Waals surface area contributed by atoms with E-state index in [1.165, 1.54) is 0 Å². The van der Waals surface area contributed by atoms with Crippen molar-refractivity contribution in [2.24, 2.45) is 0 Å². The third-order valence-electron chi connectivity index (χ3n) is 5.29. The van der Waals surface area contributed by atoms with Crippen LogP contribution in [-0.4, -0.2) is 32.2 Å². The highest BCUT2D eigenvalue weighted by Crippen LogP contribution is 2.33. The van der Waals surface area contributed by atoms with Gasteiger partial charge in [0, 0.05) is 24.5 Å². The molecular weight excluding hydrogens is 396 g/mol. The first kappa shape index (κ1) is 19.0. The van der Waals surface area contributed by atoms with Crippen LogP contribution in [0.5, 0.6) is 11.5 Å². The number of hydrogen-bond donors (Lipinski definition) is 2. The third-order valence-corrected chi connectivity index (χ3v) is 6.24. The van der Waals surface area contributed by atoms with Gasteiger partial charge in [0.25, 0.3) is 0 Å². The Morgan fingerprint density at radius 1 is 0.933 bits per heavy atom. The number of ether oxygens (including phenoxy) is 1. The molecule has 1 saturated carbocycles. The fraction of sp³-hybridized carbons (Fsp3) is 0.261. The van der Waals surface area contributed by atoms with Crippen LogP contribution < -0.4 is 10.1 Å². The number of nitrogens with zero attached hydrogens (tertiary/aromatic N) is 3. The molecule has 0 amide bonds. The van der Waals surface area contributed by atoms with Crippen molar-refractivity contribution >= 4 is 26.7 Å². The van der Waals surface area contributed by atoms with Crippen molar-refractivity contribution in [1.82, 2.24) is 15.0 Å². The number of pyridine rings is 2. The lowest BCUT2D eigenvalue weighted by molar-refractivity contribution is 0.116. The van der Waals surface area contributed by atoms with Gasteiger partial charge in [-0.15, -0.1) is 0 Å². The van der Waals surface area contributed by atoms with Crippen LogP contribution in [0.2, 0.25) is 0 Å². The summed E-state index contributed by atoms with van der Waals surface area (Å²) in [4.78, 5) is 13.4. The summed E-state index contributed by atoms with van der Waals surface area (Å²) >= 11 is 1.58. The number of thiazole rings is 1. The molecule has 7 heteroatoms. The Morgan fingerprint density at radius 3 is 2.67 bits per heavy atom. The molecule has 5 rings (SSSR count). The molecule has 2 atom stereocenters. The molecular formula is C23H22N4O2S. The summed E-state index contributed by atoms with van der Waals surface area (Å²) < 4.78 is 7.12. The van der Waals surface area contributed by atoms with E-state index >= 15 is 0 Å². The molecule has 2 N–H and O–H groups in total. The van der Waals surface area contributed by atoms with Gasteiger partial charge in [-0.1, -0.05) is 30.2 Å². The summed E-state index contributed by atoms with van der Waals surface area (Å²) in [7, 11) is 0. The lowest BCUT2D eigenvalue weighted by Crippen LogP contribution is -2.36. The van der Waals surface area contributed by atoms with Gasteiger partial charge in [-0.2, -0.15) is 0 Å². The average molecular weight is 419 g/mol. The van der Waals surface area contributed by atoms with Gasteiger partial charge in [0.2, 0.25) is 0 Å². The summed E-state index contributed by atoms with van der Waals surface area (Å²) in [6.45, 7) is 0. The van der Waals surface area contributed by atoms with E-state index in [9.17, 15) is 5.11 Å². The predicted molar refractivity (Wildman–Crippen MR) is 119 cm³/mol. The zero-order chi connectivity index (χ0) is 20.3. The van der Waals surface area contributed by atoms with Gasteiger partial charge in [0.1, 0.15) is 11.5 Å². The second kappa shape index (κ2) is 8.38. The highest BCUT2D eigenvalue weighted by atomic mass is 32.1. The maximum Gasteiger partial charge on any atom is 0.184 e. The normalized spacial score (nSPS) is 19.0. The molecule has 1 aliphatic rings. The number of hydrogen-bond acceptors (Lipinski definition) is 7. The molecule has 0 bridgehead atoms. The van der Waals surface area contributed by atoms with Crippen LogP contribution in [0, 0.1) is 0 Å². The fourth-order valence-corrected chi connectivity index (χ4v) is 4.69. The highest BCUT2D eigenvalue weighted by molar-refractivity contribution is 7.22. The zero-order valence-electron chi connectivity index (χ0n) is 16.4. The van der Waals surface area contributed by atoms with Crippen LogP contribution in [0.1, 0.15) is 25.7 Å². The van der Waals surface area contributed by atoms with Gasteiger partial charge in [-0.3, -0.25) is 9.97 Å². The Bertz CT molecular complexity index is 1150. The number of aromatic nitrogens is 3. The fourth-order valence-electron chi connectivity index (χ4n) is 3.73. The van der Waals surface area contributed by atoms with Crippen LogP contribution in [0.4, 0.5) is 5.13 Å². The van der Waals surface area contributed by atoms with Gasteiger partial charge < -0.3 is 15.2 Å². The first-order valence-electron chi connectivity index (χ1n) is 10.2. The third kappa shape index (κ3) is 4.13. The lowest BCUT2D eigenvalue weighted by atomic mass is 9.93. The van der Waals surface area contributed by atoms with E-state index in [1.807, 2.05) is 48.5 Å². The monoisotopic (exact) mass is 418 g/mol. The molecule has 0 unspecified atom stereocenters. The van der Waals surface area contributed by atoms with Crippen molar-refractivity contribution < 1.29 is 9.84 Å². The smallest absolute Gasteiger partial charge is 0.184 e. The Hall–Kier alpha value is -3.03. The van der Waals surface area contributed by atoms with Crippen molar-refractivity contribution in [3.8, 4) is 22.9 Å². The van der Waals surface area contributed by atoms with E-state index in [4.69, 9.17) is 4.74 Å². The summed E-state index contributed by atoms with van der Waals surface area (Å²) in [6, 6.07) is 15.4. The maximum absolute atomic E-state index is 10.2. The SMILES string of the molecule is O[C@@H]1CCCC[C@H]1Nc1nc2ccc(Oc3ccnc(-c4ccccn4)c3)cc2s1. The Balaban J connectivity index is 1.34. The summed E-state index contributed by atoms with van der Waals surface area (Å²) in [5.74, 6) is 1.45. The van der Waals surface area contributed by atoms with Crippen molar-refractivity contribution in [2.75, 3.05) is 5.32 Å². The predicted octanol–water partition coefficient (Wildman–Crippen LogP) is 5.26. The van der Waals surface area contributed by atoms with Gasteiger partial charge in [0.05, 0.1) is 33.8 Å². The molecule has 0 aliphatic heterocycles. The molecule has 152 valence electrons. The van der Waals surface area contributed by atoms with E-state index in [0.29, 0.717) is 5.75 Å². The number of rotatable bonds is 5. The van der Waals surface area contributed by atoms with E-state index in [-0.39, 0.29) is 12.1 Å². The molecule has 1 aliphatic carbocycles. The first-order chi connectivity index (χ1) is 14.7. The van der Waals surface area contributed by atoms with Gasteiger partial charge >= 0.3 is 0 Å². The Morgan fingerprint density at radius 2 is 1.80 bits per heavy atom. The molecule has 0 radical (unpaired) electrons. The number of anilines is 1. The quantitative estimate of drug-likeness (QED) is 0.460. The molecule has 0 spiro atoms. The van der Waals surface area contributed by atoms with E-state index in [0.717, 1.165) is 58.2 Å².